The Balaban J connectivity index is 0.00000242. The third-order valence-electron chi connectivity index (χ3n) is 3.99. The third kappa shape index (κ3) is 4.44. The number of aromatic hydroxyl groups is 1. The largest absolute Gasteiger partial charge is 0.507 e. The zero-order valence-electron chi connectivity index (χ0n) is 13.3. The Hall–Kier alpha value is -1.61. The summed E-state index contributed by atoms with van der Waals surface area (Å²) < 4.78 is 0. The molecule has 4 heteroatoms. The molecule has 1 aromatic heterocycles. The number of benzene rings is 1. The van der Waals surface area contributed by atoms with Crippen LogP contribution in [0.25, 0.3) is 11.3 Å². The minimum Gasteiger partial charge on any atom is -0.507 e. The summed E-state index contributed by atoms with van der Waals surface area (Å²) in [6, 6.07) is 9.53. The van der Waals surface area contributed by atoms with E-state index in [1.165, 1.54) is 24.8 Å². The quantitative estimate of drug-likeness (QED) is 0.700. The molecule has 2 rings (SSSR count). The minimum absolute atomic E-state index is 0. The van der Waals surface area contributed by atoms with E-state index in [-0.39, 0.29) is 12.4 Å². The number of halogens is 1. The highest BCUT2D eigenvalue weighted by atomic mass is 35.5. The fraction of sp³-hybridized carbons (Fsp3) is 0.444. The van der Waals surface area contributed by atoms with Gasteiger partial charge in [-0.2, -0.15) is 10.2 Å². The number of aromatic nitrogens is 2. The first-order valence-electron chi connectivity index (χ1n) is 7.87. The van der Waals surface area contributed by atoms with Gasteiger partial charge in [0.25, 0.3) is 0 Å². The van der Waals surface area contributed by atoms with E-state index in [2.05, 4.69) is 30.1 Å². The topological polar surface area (TPSA) is 46.0 Å². The summed E-state index contributed by atoms with van der Waals surface area (Å²) >= 11 is 0. The van der Waals surface area contributed by atoms with Gasteiger partial charge in [0.05, 0.1) is 5.69 Å². The lowest BCUT2D eigenvalue weighted by atomic mass is 9.86. The van der Waals surface area contributed by atoms with Crippen LogP contribution < -0.4 is 0 Å². The number of nitrogens with zero attached hydrogens (tertiary/aromatic N) is 2. The molecule has 1 unspecified atom stereocenters. The first-order valence-corrected chi connectivity index (χ1v) is 7.87. The van der Waals surface area contributed by atoms with Gasteiger partial charge in [0.2, 0.25) is 0 Å². The Morgan fingerprint density at radius 2 is 1.91 bits per heavy atom. The number of phenolic OH excluding ortho intramolecular Hbond substituents is 1. The van der Waals surface area contributed by atoms with Crippen molar-refractivity contribution in [2.75, 3.05) is 0 Å². The van der Waals surface area contributed by atoms with Crippen LogP contribution in [0.15, 0.2) is 36.5 Å². The Kier molecular flexibility index (Phi) is 7.89. The van der Waals surface area contributed by atoms with Gasteiger partial charge in [0.1, 0.15) is 5.75 Å². The summed E-state index contributed by atoms with van der Waals surface area (Å²) in [6.45, 7) is 4.43. The van der Waals surface area contributed by atoms with Crippen molar-refractivity contribution < 1.29 is 5.11 Å². The van der Waals surface area contributed by atoms with Gasteiger partial charge in [-0.15, -0.1) is 12.4 Å². The van der Waals surface area contributed by atoms with Gasteiger partial charge in [-0.25, -0.2) is 0 Å². The molecule has 0 aliphatic rings. The molecule has 0 spiro atoms. The molecule has 1 N–H and O–H groups in total. The van der Waals surface area contributed by atoms with Crippen molar-refractivity contribution in [3.8, 4) is 17.0 Å². The van der Waals surface area contributed by atoms with Crippen LogP contribution >= 0.6 is 12.4 Å². The first-order chi connectivity index (χ1) is 10.3. The molecular formula is C18H25ClN2O. The predicted molar refractivity (Wildman–Crippen MR) is 93.6 cm³/mol. The Labute approximate surface area is 139 Å². The molecule has 2 aromatic rings. The maximum atomic E-state index is 10.3. The molecular weight excluding hydrogens is 296 g/mol. The molecule has 0 saturated carbocycles. The van der Waals surface area contributed by atoms with Crippen LogP contribution in [-0.4, -0.2) is 15.3 Å². The van der Waals surface area contributed by atoms with Crippen molar-refractivity contribution >= 4 is 12.4 Å². The molecule has 0 aliphatic heterocycles. The van der Waals surface area contributed by atoms with Crippen LogP contribution in [-0.2, 0) is 0 Å². The van der Waals surface area contributed by atoms with Crippen molar-refractivity contribution in [3.05, 3.63) is 42.1 Å². The van der Waals surface area contributed by atoms with E-state index in [4.69, 9.17) is 0 Å². The monoisotopic (exact) mass is 320 g/mol. The first kappa shape index (κ1) is 18.4. The van der Waals surface area contributed by atoms with Gasteiger partial charge in [-0.05, 0) is 42.5 Å². The summed E-state index contributed by atoms with van der Waals surface area (Å²) in [4.78, 5) is 0. The lowest BCUT2D eigenvalue weighted by Gasteiger charge is -2.19. The highest BCUT2D eigenvalue weighted by Gasteiger charge is 2.18. The maximum Gasteiger partial charge on any atom is 0.125 e. The van der Waals surface area contributed by atoms with Crippen LogP contribution in [0.5, 0.6) is 5.75 Å². The number of phenols is 1. The summed E-state index contributed by atoms with van der Waals surface area (Å²) in [5.41, 5.74) is 2.78. The molecule has 0 amide bonds. The van der Waals surface area contributed by atoms with Crippen molar-refractivity contribution in [2.45, 2.75) is 51.9 Å². The molecule has 0 radical (unpaired) electrons. The Bertz CT molecular complexity index is 560. The van der Waals surface area contributed by atoms with Crippen molar-refractivity contribution in [1.29, 1.82) is 0 Å². The van der Waals surface area contributed by atoms with E-state index in [0.29, 0.717) is 11.7 Å². The third-order valence-corrected chi connectivity index (χ3v) is 3.99. The predicted octanol–water partition coefficient (Wildman–Crippen LogP) is 5.34. The van der Waals surface area contributed by atoms with Crippen LogP contribution in [0.2, 0.25) is 0 Å². The zero-order valence-corrected chi connectivity index (χ0v) is 14.1. The lowest BCUT2D eigenvalue weighted by molar-refractivity contribution is 0.474. The van der Waals surface area contributed by atoms with E-state index in [1.807, 2.05) is 18.2 Å². The van der Waals surface area contributed by atoms with Crippen molar-refractivity contribution in [1.82, 2.24) is 10.2 Å². The van der Waals surface area contributed by atoms with E-state index < -0.39 is 0 Å². The molecule has 0 saturated heterocycles. The summed E-state index contributed by atoms with van der Waals surface area (Å²) in [5, 5.41) is 18.4. The van der Waals surface area contributed by atoms with Crippen LogP contribution in [0.1, 0.15) is 57.4 Å². The Morgan fingerprint density at radius 3 is 2.55 bits per heavy atom. The molecule has 0 fully saturated rings. The summed E-state index contributed by atoms with van der Waals surface area (Å²) in [6.07, 6.45) is 7.59. The van der Waals surface area contributed by atoms with E-state index in [1.54, 1.807) is 12.3 Å². The standard InChI is InChI=1S/C18H24N2O.ClH/c1-3-5-6-9-14(4-2)15-10-7-12-17(21)18(15)16-11-8-13-19-20-16;/h7-8,10-14,21H,3-6,9H2,1-2H3;1H. The van der Waals surface area contributed by atoms with Crippen molar-refractivity contribution in [2.24, 2.45) is 0 Å². The SMILES string of the molecule is CCCCCC(CC)c1cccc(O)c1-c1cccnn1.Cl. The molecule has 22 heavy (non-hydrogen) atoms. The van der Waals surface area contributed by atoms with Gasteiger partial charge in [0.15, 0.2) is 0 Å². The summed E-state index contributed by atoms with van der Waals surface area (Å²) in [5.74, 6) is 0.752. The number of hydrogen-bond acceptors (Lipinski definition) is 3. The lowest BCUT2D eigenvalue weighted by Crippen LogP contribution is -2.01. The molecule has 1 heterocycles. The number of unbranched alkanes of at least 4 members (excludes halogenated alkanes) is 2. The van der Waals surface area contributed by atoms with Gasteiger partial charge in [-0.1, -0.05) is 45.2 Å². The summed E-state index contributed by atoms with van der Waals surface area (Å²) in [7, 11) is 0. The van der Waals surface area contributed by atoms with Crippen molar-refractivity contribution in [3.63, 3.8) is 0 Å². The Morgan fingerprint density at radius 1 is 1.09 bits per heavy atom. The smallest absolute Gasteiger partial charge is 0.125 e. The van der Waals surface area contributed by atoms with Crippen LogP contribution in [0.3, 0.4) is 0 Å². The second-order valence-corrected chi connectivity index (χ2v) is 5.45. The molecule has 1 atom stereocenters. The average Bonchev–Trinajstić information content (AvgIpc) is 2.52. The normalized spacial score (nSPS) is 11.7. The molecule has 1 aromatic carbocycles. The molecule has 3 nitrogen and oxygen atoms in total. The van der Waals surface area contributed by atoms with Gasteiger partial charge in [0, 0.05) is 11.8 Å². The number of rotatable bonds is 7. The maximum absolute atomic E-state index is 10.3. The van der Waals surface area contributed by atoms with Crippen LogP contribution in [0, 0.1) is 0 Å². The second-order valence-electron chi connectivity index (χ2n) is 5.45. The van der Waals surface area contributed by atoms with E-state index in [9.17, 15) is 5.11 Å². The highest BCUT2D eigenvalue weighted by Crippen LogP contribution is 2.38. The molecule has 0 aliphatic carbocycles. The highest BCUT2D eigenvalue weighted by molar-refractivity contribution is 5.85. The molecule has 0 bridgehead atoms. The van der Waals surface area contributed by atoms with E-state index in [0.717, 1.165) is 24.1 Å². The fourth-order valence-electron chi connectivity index (χ4n) is 2.83. The number of hydrogen-bond donors (Lipinski definition) is 1. The van der Waals surface area contributed by atoms with Gasteiger partial charge < -0.3 is 5.11 Å². The zero-order chi connectivity index (χ0) is 15.1. The minimum atomic E-state index is 0. The average molecular weight is 321 g/mol. The molecule has 120 valence electrons. The van der Waals surface area contributed by atoms with Crippen LogP contribution in [0.4, 0.5) is 0 Å². The second kappa shape index (κ2) is 9.42. The van der Waals surface area contributed by atoms with Gasteiger partial charge >= 0.3 is 0 Å². The fourth-order valence-corrected chi connectivity index (χ4v) is 2.83. The van der Waals surface area contributed by atoms with Gasteiger partial charge in [-0.3, -0.25) is 0 Å². The van der Waals surface area contributed by atoms with E-state index >= 15 is 0 Å².